The Morgan fingerprint density at radius 1 is 1.07 bits per heavy atom. The molecule has 3 rings (SSSR count). The Balaban J connectivity index is 1.70. The summed E-state index contributed by atoms with van der Waals surface area (Å²) in [6, 6.07) is 8.62. The fourth-order valence-corrected chi connectivity index (χ4v) is 5.15. The molecule has 0 aromatic heterocycles. The lowest BCUT2D eigenvalue weighted by atomic mass is 9.86. The summed E-state index contributed by atoms with van der Waals surface area (Å²) in [5, 5.41) is 2.73. The predicted molar refractivity (Wildman–Crippen MR) is 172 cm³/mol. The lowest BCUT2D eigenvalue weighted by Gasteiger charge is -2.34. The molecule has 0 atom stereocenters. The molecule has 44 heavy (non-hydrogen) atoms. The summed E-state index contributed by atoms with van der Waals surface area (Å²) < 4.78 is 51.9. The number of nitrogens with one attached hydrogen (secondary N) is 2. The fraction of sp³-hybridized carbons (Fsp3) is 0.455. The first-order valence-corrected chi connectivity index (χ1v) is 16.4. The van der Waals surface area contributed by atoms with Crippen LogP contribution in [0.25, 0.3) is 12.2 Å². The van der Waals surface area contributed by atoms with Gasteiger partial charge in [0.1, 0.15) is 23.3 Å². The smallest absolute Gasteiger partial charge is 0.410 e. The standard InChI is InChI=1S/C33H44FN3O6S/c1-9-23-18-22(19-27(34)30(23)36-44(8,40)41)21-35-29(38)13-11-24-10-12-25(32(2,3)4)20-28(24)42-26-14-16-37(17-15-26)31(39)43-33(5,6)7/h9-13,18-20,26,36H,1,14-17,21H2,2-8H3,(H,35,38). The van der Waals surface area contributed by atoms with Crippen molar-refractivity contribution in [3.8, 4) is 5.75 Å². The van der Waals surface area contributed by atoms with Crippen LogP contribution in [0.5, 0.6) is 5.75 Å². The quantitative estimate of drug-likeness (QED) is 0.317. The van der Waals surface area contributed by atoms with Crippen LogP contribution >= 0.6 is 0 Å². The van der Waals surface area contributed by atoms with Gasteiger partial charge >= 0.3 is 6.09 Å². The second-order valence-corrected chi connectivity index (χ2v) is 14.7. The monoisotopic (exact) mass is 629 g/mol. The second kappa shape index (κ2) is 13.8. The molecular formula is C33H44FN3O6S. The number of benzene rings is 2. The number of rotatable bonds is 9. The lowest BCUT2D eigenvalue weighted by Crippen LogP contribution is -2.44. The molecule has 2 amide bonds. The van der Waals surface area contributed by atoms with Gasteiger partial charge in [0.05, 0.1) is 11.9 Å². The highest BCUT2D eigenvalue weighted by Gasteiger charge is 2.28. The molecule has 1 aliphatic rings. The molecule has 1 aliphatic heterocycles. The van der Waals surface area contributed by atoms with Crippen molar-refractivity contribution >= 4 is 39.9 Å². The highest BCUT2D eigenvalue weighted by Crippen LogP contribution is 2.31. The number of anilines is 1. The Morgan fingerprint density at radius 3 is 2.30 bits per heavy atom. The highest BCUT2D eigenvalue weighted by molar-refractivity contribution is 7.92. The van der Waals surface area contributed by atoms with Crippen molar-refractivity contribution < 1.29 is 31.9 Å². The van der Waals surface area contributed by atoms with Crippen LogP contribution in [0, 0.1) is 5.82 Å². The molecule has 2 aromatic rings. The van der Waals surface area contributed by atoms with E-state index in [1.807, 2.05) is 39.0 Å². The number of sulfonamides is 1. The molecule has 1 heterocycles. The summed E-state index contributed by atoms with van der Waals surface area (Å²) in [6.45, 7) is 16.5. The number of amides is 2. The maximum Gasteiger partial charge on any atom is 0.410 e. The van der Waals surface area contributed by atoms with E-state index in [1.165, 1.54) is 12.2 Å². The van der Waals surface area contributed by atoms with Gasteiger partial charge in [0.15, 0.2) is 0 Å². The van der Waals surface area contributed by atoms with E-state index < -0.39 is 27.3 Å². The van der Waals surface area contributed by atoms with Crippen molar-refractivity contribution in [2.45, 2.75) is 78.0 Å². The van der Waals surface area contributed by atoms with Crippen LogP contribution in [-0.2, 0) is 31.5 Å². The normalized spacial score (nSPS) is 14.8. The second-order valence-electron chi connectivity index (χ2n) is 13.0. The minimum Gasteiger partial charge on any atom is -0.490 e. The van der Waals surface area contributed by atoms with Gasteiger partial charge in [-0.2, -0.15) is 0 Å². The van der Waals surface area contributed by atoms with Crippen molar-refractivity contribution in [2.75, 3.05) is 24.1 Å². The first kappa shape index (κ1) is 34.6. The third-order valence-corrected chi connectivity index (χ3v) is 7.41. The van der Waals surface area contributed by atoms with E-state index in [4.69, 9.17) is 9.47 Å². The third kappa shape index (κ3) is 10.4. The molecule has 0 spiro atoms. The van der Waals surface area contributed by atoms with Gasteiger partial charge in [-0.1, -0.05) is 45.6 Å². The van der Waals surface area contributed by atoms with Crippen LogP contribution in [0.4, 0.5) is 14.9 Å². The van der Waals surface area contributed by atoms with E-state index in [-0.39, 0.29) is 35.4 Å². The summed E-state index contributed by atoms with van der Waals surface area (Å²) in [6.07, 6.45) is 6.17. The van der Waals surface area contributed by atoms with E-state index in [1.54, 1.807) is 17.0 Å². The summed E-state index contributed by atoms with van der Waals surface area (Å²) in [4.78, 5) is 26.9. The molecule has 240 valence electrons. The summed E-state index contributed by atoms with van der Waals surface area (Å²) >= 11 is 0. The minimum atomic E-state index is -3.69. The van der Waals surface area contributed by atoms with Crippen molar-refractivity contribution in [3.63, 3.8) is 0 Å². The number of nitrogens with zero attached hydrogens (tertiary/aromatic N) is 1. The van der Waals surface area contributed by atoms with Gasteiger partial charge in [0.2, 0.25) is 15.9 Å². The molecule has 1 saturated heterocycles. The molecular weight excluding hydrogens is 585 g/mol. The number of likely N-dealkylation sites (tertiary alicyclic amines) is 1. The number of carbonyl (C=O) groups is 2. The van der Waals surface area contributed by atoms with Crippen LogP contribution in [0.1, 0.15) is 76.6 Å². The molecule has 2 N–H and O–H groups in total. The molecule has 11 heteroatoms. The van der Waals surface area contributed by atoms with Crippen molar-refractivity contribution in [2.24, 2.45) is 0 Å². The Labute approximate surface area is 260 Å². The highest BCUT2D eigenvalue weighted by atomic mass is 32.2. The van der Waals surface area contributed by atoms with E-state index in [0.29, 0.717) is 37.2 Å². The Bertz CT molecular complexity index is 1520. The van der Waals surface area contributed by atoms with E-state index in [2.05, 4.69) is 37.4 Å². The number of carbonyl (C=O) groups excluding carboxylic acids is 2. The minimum absolute atomic E-state index is 0.0165. The number of ether oxygens (including phenoxy) is 2. The van der Waals surface area contributed by atoms with Gasteiger partial charge in [-0.3, -0.25) is 9.52 Å². The van der Waals surface area contributed by atoms with Gasteiger partial charge in [-0.15, -0.1) is 0 Å². The van der Waals surface area contributed by atoms with E-state index in [0.717, 1.165) is 23.4 Å². The molecule has 9 nitrogen and oxygen atoms in total. The molecule has 0 radical (unpaired) electrons. The Morgan fingerprint density at radius 2 is 1.73 bits per heavy atom. The third-order valence-electron chi connectivity index (χ3n) is 6.84. The zero-order valence-corrected chi connectivity index (χ0v) is 27.4. The van der Waals surface area contributed by atoms with Crippen molar-refractivity contribution in [1.82, 2.24) is 10.2 Å². The number of halogens is 1. The zero-order chi connectivity index (χ0) is 32.9. The SMILES string of the molecule is C=Cc1cc(CNC(=O)C=Cc2ccc(C(C)(C)C)cc2OC2CCN(C(=O)OC(C)(C)C)CC2)cc(F)c1NS(C)(=O)=O. The summed E-state index contributed by atoms with van der Waals surface area (Å²) in [5.74, 6) is -0.533. The molecule has 0 aliphatic carbocycles. The van der Waals surface area contributed by atoms with E-state index in [9.17, 15) is 22.4 Å². The largest absolute Gasteiger partial charge is 0.490 e. The van der Waals surface area contributed by atoms with Crippen LogP contribution < -0.4 is 14.8 Å². The first-order chi connectivity index (χ1) is 20.3. The van der Waals surface area contributed by atoms with Crippen LogP contribution in [0.2, 0.25) is 0 Å². The van der Waals surface area contributed by atoms with Gasteiger partial charge in [0.25, 0.3) is 0 Å². The van der Waals surface area contributed by atoms with Crippen molar-refractivity contribution in [1.29, 1.82) is 0 Å². The molecule has 0 unspecified atom stereocenters. The Hall–Kier alpha value is -3.86. The predicted octanol–water partition coefficient (Wildman–Crippen LogP) is 6.25. The average Bonchev–Trinajstić information content (AvgIpc) is 2.90. The van der Waals surface area contributed by atoms with Gasteiger partial charge in [-0.05, 0) is 61.6 Å². The lowest BCUT2D eigenvalue weighted by molar-refractivity contribution is -0.116. The molecule has 1 fully saturated rings. The van der Waals surface area contributed by atoms with Gasteiger partial charge in [-0.25, -0.2) is 17.6 Å². The van der Waals surface area contributed by atoms with Crippen LogP contribution in [-0.4, -0.2) is 56.4 Å². The number of hydrogen-bond donors (Lipinski definition) is 2. The molecule has 0 bridgehead atoms. The Kier molecular flexibility index (Phi) is 10.9. The topological polar surface area (TPSA) is 114 Å². The maximum absolute atomic E-state index is 14.7. The fourth-order valence-electron chi connectivity index (χ4n) is 4.56. The van der Waals surface area contributed by atoms with Crippen molar-refractivity contribution in [3.05, 3.63) is 71.1 Å². The summed E-state index contributed by atoms with van der Waals surface area (Å²) in [7, 11) is -3.69. The number of piperidine rings is 1. The maximum atomic E-state index is 14.7. The summed E-state index contributed by atoms with van der Waals surface area (Å²) in [5.41, 5.74) is 1.62. The first-order valence-electron chi connectivity index (χ1n) is 14.5. The molecule has 0 saturated carbocycles. The van der Waals surface area contributed by atoms with Crippen LogP contribution in [0.3, 0.4) is 0 Å². The zero-order valence-electron chi connectivity index (χ0n) is 26.6. The van der Waals surface area contributed by atoms with E-state index >= 15 is 0 Å². The van der Waals surface area contributed by atoms with Gasteiger partial charge < -0.3 is 19.7 Å². The average molecular weight is 630 g/mol. The molecule has 2 aromatic carbocycles. The van der Waals surface area contributed by atoms with Gasteiger partial charge in [0, 0.05) is 49.7 Å². The van der Waals surface area contributed by atoms with Crippen LogP contribution in [0.15, 0.2) is 43.0 Å². The number of hydrogen-bond acceptors (Lipinski definition) is 6.